The van der Waals surface area contributed by atoms with Gasteiger partial charge in [-0.2, -0.15) is 0 Å². The number of hydrogen-bond acceptors (Lipinski definition) is 3. The van der Waals surface area contributed by atoms with E-state index in [1.54, 1.807) is 12.1 Å². The Labute approximate surface area is 121 Å². The van der Waals surface area contributed by atoms with Crippen LogP contribution in [0.1, 0.15) is 12.8 Å². The van der Waals surface area contributed by atoms with Crippen LogP contribution in [0.25, 0.3) is 0 Å². The number of halogens is 1. The molecule has 0 spiro atoms. The van der Waals surface area contributed by atoms with E-state index >= 15 is 0 Å². The van der Waals surface area contributed by atoms with E-state index in [9.17, 15) is 4.39 Å². The van der Waals surface area contributed by atoms with Crippen molar-refractivity contribution in [2.75, 3.05) is 52.1 Å². The Bertz CT molecular complexity index is 402. The van der Waals surface area contributed by atoms with Crippen LogP contribution in [-0.4, -0.2) is 56.6 Å². The van der Waals surface area contributed by atoms with E-state index in [2.05, 4.69) is 29.2 Å². The van der Waals surface area contributed by atoms with Crippen molar-refractivity contribution in [3.05, 3.63) is 30.1 Å². The van der Waals surface area contributed by atoms with Crippen molar-refractivity contribution < 1.29 is 4.39 Å². The van der Waals surface area contributed by atoms with Crippen LogP contribution in [0.2, 0.25) is 0 Å². The number of hydrogen-bond donors (Lipinski definition) is 1. The number of benzene rings is 1. The summed E-state index contributed by atoms with van der Waals surface area (Å²) in [4.78, 5) is 4.75. The van der Waals surface area contributed by atoms with E-state index in [1.807, 2.05) is 6.07 Å². The summed E-state index contributed by atoms with van der Waals surface area (Å²) in [5.41, 5.74) is 0.597. The van der Waals surface area contributed by atoms with Gasteiger partial charge in [0.2, 0.25) is 0 Å². The van der Waals surface area contributed by atoms with Gasteiger partial charge in [-0.05, 0) is 58.1 Å². The molecule has 1 aromatic rings. The van der Waals surface area contributed by atoms with Gasteiger partial charge < -0.3 is 15.1 Å². The summed E-state index contributed by atoms with van der Waals surface area (Å²) in [7, 11) is 4.35. The van der Waals surface area contributed by atoms with Gasteiger partial charge in [-0.1, -0.05) is 12.1 Å². The molecule has 0 amide bonds. The maximum atomic E-state index is 13.4. The molecule has 2 rings (SSSR count). The van der Waals surface area contributed by atoms with Crippen LogP contribution in [0.4, 0.5) is 10.1 Å². The van der Waals surface area contributed by atoms with E-state index < -0.39 is 0 Å². The Hall–Kier alpha value is -1.13. The summed E-state index contributed by atoms with van der Waals surface area (Å²) >= 11 is 0. The highest BCUT2D eigenvalue weighted by Crippen LogP contribution is 2.16. The molecule has 0 aromatic heterocycles. The molecule has 1 heterocycles. The molecule has 1 aliphatic heterocycles. The monoisotopic (exact) mass is 279 g/mol. The van der Waals surface area contributed by atoms with Crippen molar-refractivity contribution in [3.63, 3.8) is 0 Å². The Balaban J connectivity index is 1.65. The molecule has 0 saturated carbocycles. The number of piperidine rings is 1. The third-order valence-electron chi connectivity index (χ3n) is 4.09. The first-order chi connectivity index (χ1) is 9.65. The Morgan fingerprint density at radius 3 is 2.70 bits per heavy atom. The number of para-hydroxylation sites is 1. The Kier molecular flexibility index (Phi) is 5.80. The number of nitrogens with one attached hydrogen (secondary N) is 1. The first-order valence-corrected chi connectivity index (χ1v) is 7.50. The van der Waals surface area contributed by atoms with Crippen LogP contribution in [0.15, 0.2) is 24.3 Å². The van der Waals surface area contributed by atoms with Crippen molar-refractivity contribution >= 4 is 5.69 Å². The van der Waals surface area contributed by atoms with Gasteiger partial charge in [0.25, 0.3) is 0 Å². The van der Waals surface area contributed by atoms with Crippen LogP contribution in [0.5, 0.6) is 0 Å². The van der Waals surface area contributed by atoms with Gasteiger partial charge in [-0.25, -0.2) is 4.39 Å². The highest BCUT2D eigenvalue weighted by molar-refractivity contribution is 5.44. The van der Waals surface area contributed by atoms with Gasteiger partial charge in [0.05, 0.1) is 5.69 Å². The van der Waals surface area contributed by atoms with E-state index in [0.717, 1.165) is 25.6 Å². The number of anilines is 1. The fourth-order valence-corrected chi connectivity index (χ4v) is 2.76. The molecule has 1 aliphatic rings. The molecule has 3 nitrogen and oxygen atoms in total. The molecule has 0 unspecified atom stereocenters. The molecule has 0 radical (unpaired) electrons. The molecule has 112 valence electrons. The van der Waals surface area contributed by atoms with Crippen molar-refractivity contribution in [3.8, 4) is 0 Å². The van der Waals surface area contributed by atoms with Crippen LogP contribution in [0, 0.1) is 11.7 Å². The number of nitrogens with zero attached hydrogens (tertiary/aromatic N) is 2. The zero-order valence-corrected chi connectivity index (χ0v) is 12.6. The van der Waals surface area contributed by atoms with Crippen molar-refractivity contribution in [2.24, 2.45) is 5.92 Å². The number of rotatable bonds is 6. The fraction of sp³-hybridized carbons (Fsp3) is 0.625. The first-order valence-electron chi connectivity index (χ1n) is 7.50. The summed E-state index contributed by atoms with van der Waals surface area (Å²) in [6.45, 7) is 5.30. The summed E-state index contributed by atoms with van der Waals surface area (Å²) < 4.78 is 13.4. The van der Waals surface area contributed by atoms with E-state index in [1.165, 1.54) is 32.0 Å². The van der Waals surface area contributed by atoms with Crippen LogP contribution in [-0.2, 0) is 0 Å². The molecule has 1 saturated heterocycles. The van der Waals surface area contributed by atoms with Gasteiger partial charge >= 0.3 is 0 Å². The molecule has 4 heteroatoms. The molecule has 0 aliphatic carbocycles. The molecule has 0 bridgehead atoms. The highest BCUT2D eigenvalue weighted by atomic mass is 19.1. The molecule has 0 atom stereocenters. The Morgan fingerprint density at radius 1 is 1.30 bits per heavy atom. The Morgan fingerprint density at radius 2 is 2.00 bits per heavy atom. The summed E-state index contributed by atoms with van der Waals surface area (Å²) in [6, 6.07) is 6.84. The quantitative estimate of drug-likeness (QED) is 0.863. The molecule has 20 heavy (non-hydrogen) atoms. The topological polar surface area (TPSA) is 18.5 Å². The SMILES string of the molecule is CN1CCC(CN(C)CCNc2ccccc2F)CC1. The summed E-state index contributed by atoms with van der Waals surface area (Å²) in [5, 5.41) is 3.16. The third kappa shape index (κ3) is 4.76. The second kappa shape index (κ2) is 7.60. The molecule has 1 N–H and O–H groups in total. The lowest BCUT2D eigenvalue weighted by Crippen LogP contribution is -2.37. The molecule has 1 fully saturated rings. The van der Waals surface area contributed by atoms with Crippen LogP contribution >= 0.6 is 0 Å². The number of likely N-dealkylation sites (tertiary alicyclic amines) is 1. The minimum Gasteiger partial charge on any atom is -0.381 e. The zero-order valence-electron chi connectivity index (χ0n) is 12.6. The van der Waals surface area contributed by atoms with Crippen LogP contribution in [0.3, 0.4) is 0 Å². The predicted octanol–water partition coefficient (Wildman–Crippen LogP) is 2.51. The van der Waals surface area contributed by atoms with Gasteiger partial charge in [0, 0.05) is 19.6 Å². The van der Waals surface area contributed by atoms with Crippen LogP contribution < -0.4 is 5.32 Å². The number of likely N-dealkylation sites (N-methyl/N-ethyl adjacent to an activating group) is 1. The lowest BCUT2D eigenvalue weighted by Gasteiger charge is -2.31. The molecular weight excluding hydrogens is 253 g/mol. The average Bonchev–Trinajstić information content (AvgIpc) is 2.43. The largest absolute Gasteiger partial charge is 0.381 e. The minimum absolute atomic E-state index is 0.175. The lowest BCUT2D eigenvalue weighted by atomic mass is 9.97. The third-order valence-corrected chi connectivity index (χ3v) is 4.09. The van der Waals surface area contributed by atoms with Gasteiger partial charge in [-0.15, -0.1) is 0 Å². The van der Waals surface area contributed by atoms with Gasteiger partial charge in [-0.3, -0.25) is 0 Å². The van der Waals surface area contributed by atoms with Gasteiger partial charge in [0.1, 0.15) is 5.82 Å². The van der Waals surface area contributed by atoms with Crippen molar-refractivity contribution in [1.29, 1.82) is 0 Å². The zero-order chi connectivity index (χ0) is 14.4. The maximum absolute atomic E-state index is 13.4. The lowest BCUT2D eigenvalue weighted by molar-refractivity contribution is 0.178. The standard InChI is InChI=1S/C16H26FN3/c1-19-10-7-14(8-11-19)13-20(2)12-9-18-16-6-4-3-5-15(16)17/h3-6,14,18H,7-13H2,1-2H3. The molecular formula is C16H26FN3. The van der Waals surface area contributed by atoms with Crippen molar-refractivity contribution in [1.82, 2.24) is 9.80 Å². The van der Waals surface area contributed by atoms with Gasteiger partial charge in [0.15, 0.2) is 0 Å². The second-order valence-electron chi connectivity index (χ2n) is 5.92. The maximum Gasteiger partial charge on any atom is 0.146 e. The average molecular weight is 279 g/mol. The summed E-state index contributed by atoms with van der Waals surface area (Å²) in [5.74, 6) is 0.634. The smallest absolute Gasteiger partial charge is 0.146 e. The first kappa shape index (κ1) is 15.3. The fourth-order valence-electron chi connectivity index (χ4n) is 2.76. The van der Waals surface area contributed by atoms with E-state index in [4.69, 9.17) is 0 Å². The van der Waals surface area contributed by atoms with E-state index in [0.29, 0.717) is 5.69 Å². The molecule has 1 aromatic carbocycles. The highest BCUT2D eigenvalue weighted by Gasteiger charge is 2.17. The minimum atomic E-state index is -0.175. The normalized spacial score (nSPS) is 17.6. The predicted molar refractivity (Wildman–Crippen MR) is 82.6 cm³/mol. The second-order valence-corrected chi connectivity index (χ2v) is 5.92. The van der Waals surface area contributed by atoms with E-state index in [-0.39, 0.29) is 5.82 Å². The summed E-state index contributed by atoms with van der Waals surface area (Å²) in [6.07, 6.45) is 2.59. The van der Waals surface area contributed by atoms with Crippen molar-refractivity contribution in [2.45, 2.75) is 12.8 Å².